The number of nitrogens with zero attached hydrogens (tertiary/aromatic N) is 10. The Morgan fingerprint density at radius 1 is 0.857 bits per heavy atom. The highest BCUT2D eigenvalue weighted by Crippen LogP contribution is 2.48. The van der Waals surface area contributed by atoms with Gasteiger partial charge in [0.15, 0.2) is 17.2 Å². The van der Waals surface area contributed by atoms with Crippen LogP contribution in [-0.4, -0.2) is 114 Å². The molecule has 17 nitrogen and oxygen atoms in total. The number of fused-ring (bicyclic) bond motifs is 1. The summed E-state index contributed by atoms with van der Waals surface area (Å²) in [4.78, 5) is 61.9. The predicted molar refractivity (Wildman–Crippen MR) is 240 cm³/mol. The Morgan fingerprint density at radius 2 is 1.59 bits per heavy atom. The molecule has 3 aliphatic heterocycles. The summed E-state index contributed by atoms with van der Waals surface area (Å²) in [6, 6.07) is 8.14. The molecule has 63 heavy (non-hydrogen) atoms. The molecule has 3 saturated heterocycles. The van der Waals surface area contributed by atoms with Crippen LogP contribution in [0.3, 0.4) is 0 Å². The van der Waals surface area contributed by atoms with Gasteiger partial charge in [-0.2, -0.15) is 5.10 Å². The quantitative estimate of drug-likeness (QED) is 0.0762. The number of imide groups is 1. The van der Waals surface area contributed by atoms with Crippen LogP contribution in [0.5, 0.6) is 0 Å². The number of piperidine rings is 2. The smallest absolute Gasteiger partial charge is 0.249 e. The molecular weight excluding hydrogens is 799 g/mol. The Hall–Kier alpha value is -5.97. The van der Waals surface area contributed by atoms with E-state index in [1.807, 2.05) is 35.8 Å². The molecule has 0 bridgehead atoms. The third-order valence-electron chi connectivity index (χ3n) is 13.2. The van der Waals surface area contributed by atoms with E-state index in [4.69, 9.17) is 25.3 Å². The number of unbranched alkanes of at least 4 members (excludes halogenated alkanes) is 4. The van der Waals surface area contributed by atoms with E-state index in [0.29, 0.717) is 72.3 Å². The van der Waals surface area contributed by atoms with Gasteiger partial charge in [0, 0.05) is 56.7 Å². The fourth-order valence-electron chi connectivity index (χ4n) is 9.33. The average molecular weight is 858 g/mol. The highest BCUT2D eigenvalue weighted by Gasteiger charge is 2.36. The molecule has 4 fully saturated rings. The predicted octanol–water partition coefficient (Wildman–Crippen LogP) is 6.06. The zero-order valence-electron chi connectivity index (χ0n) is 36.5. The van der Waals surface area contributed by atoms with Crippen molar-refractivity contribution in [3.63, 3.8) is 0 Å². The molecule has 9 rings (SSSR count). The molecule has 17 heteroatoms. The number of nitrogens with one attached hydrogen (secondary N) is 2. The van der Waals surface area contributed by atoms with Gasteiger partial charge >= 0.3 is 0 Å². The first-order valence-corrected chi connectivity index (χ1v) is 23.0. The molecule has 0 radical (unpaired) electrons. The van der Waals surface area contributed by atoms with Crippen molar-refractivity contribution in [1.29, 1.82) is 0 Å². The third-order valence-corrected chi connectivity index (χ3v) is 13.2. The molecule has 7 heterocycles. The SMILES string of the molecule is CC(C)n1nc(-c2noc(C3CC3)c2-c2ncc(N3CCN(C(=O)CCCCCCCN4CCC(c5ccc(NC6CCC(=O)NC6=O)cc5)CC4)CC3)cn2)c2c(N)ncnc21. The number of anilines is 3. The minimum atomic E-state index is -0.362. The van der Waals surface area contributed by atoms with Crippen LogP contribution in [0.4, 0.5) is 17.2 Å². The lowest BCUT2D eigenvalue weighted by molar-refractivity contribution is -0.134. The molecule has 4 aromatic heterocycles. The van der Waals surface area contributed by atoms with E-state index in [1.165, 1.54) is 24.7 Å². The number of rotatable bonds is 16. The third kappa shape index (κ3) is 9.53. The number of carbonyl (C=O) groups is 3. The van der Waals surface area contributed by atoms with E-state index in [-0.39, 0.29) is 35.7 Å². The first kappa shape index (κ1) is 42.3. The maximum Gasteiger partial charge on any atom is 0.249 e. The Kier molecular flexibility index (Phi) is 12.6. The second-order valence-electron chi connectivity index (χ2n) is 17.9. The molecule has 332 valence electrons. The normalized spacial score (nSPS) is 19.0. The van der Waals surface area contributed by atoms with Crippen LogP contribution in [0.25, 0.3) is 33.8 Å². The van der Waals surface area contributed by atoms with Crippen LogP contribution in [0.15, 0.2) is 47.5 Å². The topological polar surface area (TPSA) is 206 Å². The maximum atomic E-state index is 13.2. The van der Waals surface area contributed by atoms with Crippen LogP contribution < -0.4 is 21.3 Å². The fourth-order valence-corrected chi connectivity index (χ4v) is 9.33. The van der Waals surface area contributed by atoms with Gasteiger partial charge in [-0.1, -0.05) is 36.6 Å². The van der Waals surface area contributed by atoms with Gasteiger partial charge in [-0.3, -0.25) is 19.7 Å². The van der Waals surface area contributed by atoms with Gasteiger partial charge in [-0.05, 0) is 102 Å². The van der Waals surface area contributed by atoms with E-state index in [9.17, 15) is 14.4 Å². The number of amides is 3. The monoisotopic (exact) mass is 857 g/mol. The highest BCUT2D eigenvalue weighted by atomic mass is 16.5. The number of carbonyl (C=O) groups excluding carboxylic acids is 3. The number of hydrogen-bond donors (Lipinski definition) is 3. The number of piperazine rings is 1. The molecule has 3 amide bonds. The number of benzene rings is 1. The van der Waals surface area contributed by atoms with Gasteiger partial charge < -0.3 is 30.3 Å². The molecule has 0 spiro atoms. The zero-order chi connectivity index (χ0) is 43.5. The number of likely N-dealkylation sites (tertiary alicyclic amines) is 1. The van der Waals surface area contributed by atoms with E-state index in [1.54, 1.807) is 0 Å². The minimum absolute atomic E-state index is 0.0432. The lowest BCUT2D eigenvalue weighted by atomic mass is 9.89. The van der Waals surface area contributed by atoms with E-state index in [0.717, 1.165) is 100 Å². The first-order valence-electron chi connectivity index (χ1n) is 23.0. The summed E-state index contributed by atoms with van der Waals surface area (Å²) in [5.74, 6) is 2.25. The molecule has 1 aliphatic carbocycles. The standard InChI is InChI=1S/C46H59N13O4/c1-29(2)59-45-39(43(47)50-28-51-45)40(54-59)41-38(42(63-55-41)32-9-10-32)44-48-26-34(27-49-44)57-22-24-58(25-23-57)37(61)8-6-4-3-5-7-19-56-20-17-31(18-21-56)30-11-13-33(14-12-30)52-35-15-16-36(60)53-46(35)62/h11-14,26-29,31-32,35,52H,3-10,15-25H2,1-2H3,(H2,47,50,51)(H,53,60,62). The van der Waals surface area contributed by atoms with Crippen molar-refractivity contribution >= 4 is 45.9 Å². The second kappa shape index (κ2) is 18.8. The highest BCUT2D eigenvalue weighted by molar-refractivity contribution is 6.02. The largest absolute Gasteiger partial charge is 0.383 e. The van der Waals surface area contributed by atoms with Crippen LogP contribution in [0.1, 0.15) is 120 Å². The van der Waals surface area contributed by atoms with Gasteiger partial charge in [-0.25, -0.2) is 24.6 Å². The molecule has 1 unspecified atom stereocenters. The molecule has 1 saturated carbocycles. The van der Waals surface area contributed by atoms with Crippen molar-refractivity contribution in [3.8, 4) is 22.8 Å². The van der Waals surface area contributed by atoms with Crippen LogP contribution >= 0.6 is 0 Å². The van der Waals surface area contributed by atoms with Crippen molar-refractivity contribution in [3.05, 3.63) is 54.3 Å². The van der Waals surface area contributed by atoms with E-state index in [2.05, 4.69) is 59.8 Å². The lowest BCUT2D eigenvalue weighted by Gasteiger charge is -2.35. The summed E-state index contributed by atoms with van der Waals surface area (Å²) in [6.45, 7) is 10.3. The number of hydrogen-bond acceptors (Lipinski definition) is 14. The minimum Gasteiger partial charge on any atom is -0.383 e. The number of aromatic nitrogens is 7. The van der Waals surface area contributed by atoms with Crippen molar-refractivity contribution in [1.82, 2.24) is 50.0 Å². The van der Waals surface area contributed by atoms with Gasteiger partial charge in [0.05, 0.1) is 29.0 Å². The van der Waals surface area contributed by atoms with Crippen LogP contribution in [-0.2, 0) is 14.4 Å². The molecule has 4 N–H and O–H groups in total. The van der Waals surface area contributed by atoms with E-state index >= 15 is 0 Å². The van der Waals surface area contributed by atoms with Gasteiger partial charge in [0.25, 0.3) is 0 Å². The van der Waals surface area contributed by atoms with Crippen molar-refractivity contribution < 1.29 is 18.9 Å². The van der Waals surface area contributed by atoms with Gasteiger partial charge in [0.1, 0.15) is 29.6 Å². The van der Waals surface area contributed by atoms with E-state index < -0.39 is 0 Å². The summed E-state index contributed by atoms with van der Waals surface area (Å²) < 4.78 is 7.79. The van der Waals surface area contributed by atoms with Crippen LogP contribution in [0.2, 0.25) is 0 Å². The number of nitrogen functional groups attached to an aromatic ring is 1. The summed E-state index contributed by atoms with van der Waals surface area (Å²) in [5, 5.41) is 15.7. The Bertz CT molecular complexity index is 2390. The summed E-state index contributed by atoms with van der Waals surface area (Å²) in [7, 11) is 0. The zero-order valence-corrected chi connectivity index (χ0v) is 36.5. The Balaban J connectivity index is 0.680. The van der Waals surface area contributed by atoms with Gasteiger partial charge in [-0.15, -0.1) is 0 Å². The lowest BCUT2D eigenvalue weighted by Crippen LogP contribution is -2.48. The van der Waals surface area contributed by atoms with Crippen LogP contribution in [0, 0.1) is 0 Å². The molecular formula is C46H59N13O4. The average Bonchev–Trinajstić information content (AvgIpc) is 3.92. The Morgan fingerprint density at radius 3 is 2.30 bits per heavy atom. The van der Waals surface area contributed by atoms with Crippen molar-refractivity contribution in [2.75, 3.05) is 61.8 Å². The first-order chi connectivity index (χ1) is 30.7. The van der Waals surface area contributed by atoms with Crippen molar-refractivity contribution in [2.45, 2.75) is 115 Å². The summed E-state index contributed by atoms with van der Waals surface area (Å²) in [5.41, 5.74) is 12.0. The fraction of sp³-hybridized carbons (Fsp3) is 0.543. The molecule has 1 aromatic carbocycles. The van der Waals surface area contributed by atoms with Crippen molar-refractivity contribution in [2.24, 2.45) is 0 Å². The summed E-state index contributed by atoms with van der Waals surface area (Å²) in [6.07, 6.45) is 16.6. The Labute approximate surface area is 367 Å². The molecule has 5 aromatic rings. The molecule has 1 atom stereocenters. The maximum absolute atomic E-state index is 13.2. The van der Waals surface area contributed by atoms with Gasteiger partial charge in [0.2, 0.25) is 17.7 Å². The number of nitrogens with two attached hydrogens (primary N) is 1. The molecule has 4 aliphatic rings. The summed E-state index contributed by atoms with van der Waals surface area (Å²) >= 11 is 0. The second-order valence-corrected chi connectivity index (χ2v) is 17.9.